The Bertz CT molecular complexity index is 1940. The molecule has 43 heavy (non-hydrogen) atoms. The van der Waals surface area contributed by atoms with Crippen LogP contribution in [-0.2, 0) is 9.53 Å². The summed E-state index contributed by atoms with van der Waals surface area (Å²) in [7, 11) is 0. The number of esters is 1. The Morgan fingerprint density at radius 1 is 1.09 bits per heavy atom. The molecule has 0 radical (unpaired) electrons. The van der Waals surface area contributed by atoms with Crippen molar-refractivity contribution in [3.8, 4) is 11.4 Å². The number of nitrogens with zero attached hydrogens (tertiary/aromatic N) is 3. The fraction of sp³-hybridized carbons (Fsp3) is 0.273. The second kappa shape index (κ2) is 11.9. The molecule has 3 heterocycles. The number of benzene rings is 2. The highest BCUT2D eigenvalue weighted by molar-refractivity contribution is 7.07. The maximum absolute atomic E-state index is 14.1. The summed E-state index contributed by atoms with van der Waals surface area (Å²) in [4.78, 5) is 43.9. The number of hydrogen-bond acceptors (Lipinski definition) is 7. The number of rotatable bonds is 8. The van der Waals surface area contributed by atoms with Crippen LogP contribution in [-0.4, -0.2) is 38.9 Å². The molecule has 0 saturated carbocycles. The largest absolute Gasteiger partial charge is 0.491 e. The van der Waals surface area contributed by atoms with Crippen LogP contribution in [0, 0.1) is 13.8 Å². The van der Waals surface area contributed by atoms with Gasteiger partial charge in [0, 0.05) is 17.1 Å². The molecule has 1 N–H and O–H groups in total. The van der Waals surface area contributed by atoms with Crippen LogP contribution in [0.1, 0.15) is 66.6 Å². The summed E-state index contributed by atoms with van der Waals surface area (Å²) in [5.41, 5.74) is 4.74. The van der Waals surface area contributed by atoms with Gasteiger partial charge in [-0.3, -0.25) is 9.36 Å². The van der Waals surface area contributed by atoms with Crippen LogP contribution in [0.15, 0.2) is 75.7 Å². The Balaban J connectivity index is 1.65. The monoisotopic (exact) mass is 599 g/mol. The van der Waals surface area contributed by atoms with Crippen molar-refractivity contribution in [1.82, 2.24) is 9.13 Å². The van der Waals surface area contributed by atoms with E-state index in [0.29, 0.717) is 26.4 Å². The third-order valence-corrected chi connectivity index (χ3v) is 8.18. The van der Waals surface area contributed by atoms with Crippen LogP contribution in [0.3, 0.4) is 0 Å². The lowest BCUT2D eigenvalue weighted by Crippen LogP contribution is -2.39. The SMILES string of the molecule is CCOC(=O)C1=C(C)N=c2s/c(=C\c3cc(C)n(-c4cccc(C(=O)O)c4)c3C)c(=O)n2[C@H]1c1ccc(OC(C)C)cc1. The minimum absolute atomic E-state index is 0.00354. The molecule has 9 nitrogen and oxygen atoms in total. The van der Waals surface area contributed by atoms with Crippen molar-refractivity contribution in [1.29, 1.82) is 0 Å². The van der Waals surface area contributed by atoms with E-state index in [1.807, 2.05) is 74.7 Å². The number of hydrogen-bond donors (Lipinski definition) is 1. The maximum atomic E-state index is 14.1. The van der Waals surface area contributed by atoms with Gasteiger partial charge in [0.2, 0.25) is 0 Å². The van der Waals surface area contributed by atoms with Gasteiger partial charge in [-0.15, -0.1) is 0 Å². The van der Waals surface area contributed by atoms with Gasteiger partial charge in [0.15, 0.2) is 4.80 Å². The highest BCUT2D eigenvalue weighted by atomic mass is 32.1. The number of allylic oxidation sites excluding steroid dienone is 1. The maximum Gasteiger partial charge on any atom is 0.338 e. The van der Waals surface area contributed by atoms with Crippen molar-refractivity contribution in [2.75, 3.05) is 6.61 Å². The van der Waals surface area contributed by atoms with Gasteiger partial charge in [-0.1, -0.05) is 29.5 Å². The Morgan fingerprint density at radius 3 is 2.47 bits per heavy atom. The molecular formula is C33H33N3O6S. The molecule has 1 aliphatic rings. The van der Waals surface area contributed by atoms with Gasteiger partial charge in [-0.05, 0) is 95.1 Å². The summed E-state index contributed by atoms with van der Waals surface area (Å²) in [6.45, 7) is 11.4. The van der Waals surface area contributed by atoms with Gasteiger partial charge < -0.3 is 19.1 Å². The molecule has 0 unspecified atom stereocenters. The molecule has 0 saturated heterocycles. The van der Waals surface area contributed by atoms with Crippen molar-refractivity contribution in [3.05, 3.63) is 114 Å². The Hall–Kier alpha value is -4.70. The lowest BCUT2D eigenvalue weighted by molar-refractivity contribution is -0.139. The highest BCUT2D eigenvalue weighted by Crippen LogP contribution is 2.32. The van der Waals surface area contributed by atoms with Crippen molar-refractivity contribution in [3.63, 3.8) is 0 Å². The first-order valence-corrected chi connectivity index (χ1v) is 14.8. The topological polar surface area (TPSA) is 112 Å². The quantitative estimate of drug-likeness (QED) is 0.294. The zero-order valence-electron chi connectivity index (χ0n) is 24.9. The number of aromatic nitrogens is 2. The second-order valence-corrected chi connectivity index (χ2v) is 11.6. The van der Waals surface area contributed by atoms with E-state index in [1.54, 1.807) is 36.6 Å². The number of aryl methyl sites for hydroxylation is 1. The van der Waals surface area contributed by atoms with E-state index in [1.165, 1.54) is 11.3 Å². The average molecular weight is 600 g/mol. The first-order valence-electron chi connectivity index (χ1n) is 14.0. The zero-order chi connectivity index (χ0) is 31.0. The Kier molecular flexibility index (Phi) is 8.23. The van der Waals surface area contributed by atoms with Gasteiger partial charge in [0.05, 0.1) is 40.1 Å². The van der Waals surface area contributed by atoms with E-state index in [0.717, 1.165) is 28.2 Å². The predicted molar refractivity (Wildman–Crippen MR) is 165 cm³/mol. The fourth-order valence-electron chi connectivity index (χ4n) is 5.36. The van der Waals surface area contributed by atoms with Crippen molar-refractivity contribution in [2.24, 2.45) is 4.99 Å². The van der Waals surface area contributed by atoms with Crippen LogP contribution < -0.4 is 19.6 Å². The smallest absolute Gasteiger partial charge is 0.338 e. The number of ether oxygens (including phenoxy) is 2. The van der Waals surface area contributed by atoms with Crippen molar-refractivity contribution in [2.45, 2.75) is 53.7 Å². The summed E-state index contributed by atoms with van der Waals surface area (Å²) >= 11 is 1.25. The number of carbonyl (C=O) groups is 2. The average Bonchev–Trinajstić information content (AvgIpc) is 3.41. The number of carbonyl (C=O) groups excluding carboxylic acids is 1. The summed E-state index contributed by atoms with van der Waals surface area (Å²) in [5, 5.41) is 9.46. The van der Waals surface area contributed by atoms with Gasteiger partial charge >= 0.3 is 11.9 Å². The number of carboxylic acid groups (broad SMARTS) is 1. The Labute approximate surface area is 252 Å². The molecule has 0 amide bonds. The molecule has 1 aliphatic heterocycles. The fourth-order valence-corrected chi connectivity index (χ4v) is 6.40. The molecule has 10 heteroatoms. The minimum Gasteiger partial charge on any atom is -0.491 e. The first-order chi connectivity index (χ1) is 20.5. The van der Waals surface area contributed by atoms with E-state index in [-0.39, 0.29) is 23.8 Å². The van der Waals surface area contributed by atoms with E-state index in [2.05, 4.69) is 4.99 Å². The van der Waals surface area contributed by atoms with Crippen LogP contribution in [0.2, 0.25) is 0 Å². The number of carboxylic acids is 1. The van der Waals surface area contributed by atoms with Gasteiger partial charge in [0.1, 0.15) is 5.75 Å². The molecule has 0 spiro atoms. The minimum atomic E-state index is -1.00. The second-order valence-electron chi connectivity index (χ2n) is 10.6. The predicted octanol–water partition coefficient (Wildman–Crippen LogP) is 4.69. The number of thiazole rings is 1. The molecule has 0 bridgehead atoms. The van der Waals surface area contributed by atoms with Gasteiger partial charge in [-0.2, -0.15) is 0 Å². The highest BCUT2D eigenvalue weighted by Gasteiger charge is 2.33. The molecule has 2 aromatic heterocycles. The summed E-state index contributed by atoms with van der Waals surface area (Å²) in [6.07, 6.45) is 1.83. The van der Waals surface area contributed by atoms with E-state index >= 15 is 0 Å². The third kappa shape index (κ3) is 5.70. The summed E-state index contributed by atoms with van der Waals surface area (Å²) in [5.74, 6) is -0.828. The molecule has 0 fully saturated rings. The molecule has 0 aliphatic carbocycles. The van der Waals surface area contributed by atoms with E-state index < -0.39 is 18.0 Å². The van der Waals surface area contributed by atoms with Gasteiger partial charge in [0.25, 0.3) is 5.56 Å². The van der Waals surface area contributed by atoms with Crippen LogP contribution in [0.4, 0.5) is 0 Å². The molecule has 5 rings (SSSR count). The summed E-state index contributed by atoms with van der Waals surface area (Å²) in [6, 6.07) is 15.3. The van der Waals surface area contributed by atoms with E-state index in [9.17, 15) is 19.5 Å². The zero-order valence-corrected chi connectivity index (χ0v) is 25.7. The van der Waals surface area contributed by atoms with Crippen LogP contribution in [0.5, 0.6) is 5.75 Å². The molecule has 4 aromatic rings. The van der Waals surface area contributed by atoms with E-state index in [4.69, 9.17) is 9.47 Å². The molecule has 1 atom stereocenters. The Morgan fingerprint density at radius 2 is 1.81 bits per heavy atom. The van der Waals surface area contributed by atoms with Gasteiger partial charge in [-0.25, -0.2) is 14.6 Å². The normalized spacial score (nSPS) is 15.0. The van der Waals surface area contributed by atoms with Crippen molar-refractivity contribution < 1.29 is 24.2 Å². The molecular weight excluding hydrogens is 566 g/mol. The molecule has 222 valence electrons. The number of fused-ring (bicyclic) bond motifs is 1. The lowest BCUT2D eigenvalue weighted by atomic mass is 9.96. The molecule has 2 aromatic carbocycles. The lowest BCUT2D eigenvalue weighted by Gasteiger charge is -2.25. The third-order valence-electron chi connectivity index (χ3n) is 7.19. The standard InChI is InChI=1S/C33H33N3O6S/c1-7-41-32(40)28-20(5)34-33-36(29(28)22-11-13-26(14-12-22)42-18(2)3)30(37)27(43-33)17-24-15-19(4)35(21(24)6)25-10-8-9-23(16-25)31(38)39/h8-18,29H,7H2,1-6H3,(H,38,39)/b27-17-/t29-/m0/s1. The van der Waals surface area contributed by atoms with Crippen molar-refractivity contribution >= 4 is 29.4 Å². The van der Waals surface area contributed by atoms with Crippen LogP contribution in [0.25, 0.3) is 11.8 Å². The summed E-state index contributed by atoms with van der Waals surface area (Å²) < 4.78 is 15.2. The first kappa shape index (κ1) is 29.8. The number of aromatic carboxylic acids is 1. The van der Waals surface area contributed by atoms with Crippen LogP contribution >= 0.6 is 11.3 Å².